The first-order valence-electron chi connectivity index (χ1n) is 6.85. The van der Waals surface area contributed by atoms with Crippen LogP contribution in [0.5, 0.6) is 0 Å². The quantitative estimate of drug-likeness (QED) is 0.690. The number of carbonyl (C=O) groups is 2. The van der Waals surface area contributed by atoms with Crippen molar-refractivity contribution in [3.05, 3.63) is 35.4 Å². The predicted molar refractivity (Wildman–Crippen MR) is 54.9 cm³/mol. The molecule has 2 amide bonds. The van der Waals surface area contributed by atoms with Crippen molar-refractivity contribution in [2.75, 3.05) is 13.1 Å². The van der Waals surface area contributed by atoms with E-state index in [1.165, 1.54) is 24.3 Å². The molecule has 16 heavy (non-hydrogen) atoms. The summed E-state index contributed by atoms with van der Waals surface area (Å²) in [4.78, 5) is 24.1. The highest BCUT2D eigenvalue weighted by atomic mass is 16.3. The fourth-order valence-corrected chi connectivity index (χ4v) is 1.42. The lowest BCUT2D eigenvalue weighted by molar-refractivity contribution is 0.0426. The summed E-state index contributed by atoms with van der Waals surface area (Å²) in [6.45, 7) is -7.19. The number of imide groups is 1. The third-order valence-corrected chi connectivity index (χ3v) is 2.12. The zero-order chi connectivity index (χ0) is 16.2. The Balaban J connectivity index is 2.54. The maximum atomic E-state index is 12.1. The Kier molecular flexibility index (Phi) is 1.54. The van der Waals surface area contributed by atoms with Gasteiger partial charge in [-0.1, -0.05) is 12.1 Å². The number of carbonyl (C=O) groups excluding carboxylic acids is 2. The maximum absolute atomic E-state index is 12.1. The summed E-state index contributed by atoms with van der Waals surface area (Å²) in [6.07, 6.45) is -3.77. The monoisotopic (exact) mass is 226 g/mol. The first kappa shape index (κ1) is 6.12. The number of fused-ring (bicyclic) bond motifs is 1. The molecule has 2 rings (SSSR count). The molecule has 0 fully saturated rings. The number of β-amino-alcohol motifs (C(OH)–C–C–N with tert-alkyl or cyclic N) is 1. The largest absolute Gasteiger partial charge is 0.394 e. The van der Waals surface area contributed by atoms with Gasteiger partial charge >= 0.3 is 0 Å². The van der Waals surface area contributed by atoms with Crippen LogP contribution in [-0.2, 0) is 0 Å². The third kappa shape index (κ3) is 1.60. The van der Waals surface area contributed by atoms with Crippen molar-refractivity contribution in [3.8, 4) is 0 Å². The summed E-state index contributed by atoms with van der Waals surface area (Å²) in [5.41, 5.74) is -0.249. The van der Waals surface area contributed by atoms with E-state index in [2.05, 4.69) is 0 Å². The predicted octanol–water partition coefficient (Wildman–Crippen LogP) is -0.364. The Labute approximate surface area is 98.9 Å². The minimum Gasteiger partial charge on any atom is -0.394 e. The van der Waals surface area contributed by atoms with Crippen LogP contribution in [0, 0.1) is 0 Å². The average molecular weight is 226 g/mol. The molecule has 0 saturated carbocycles. The Morgan fingerprint density at radius 1 is 1.31 bits per heavy atom. The molecule has 0 saturated heterocycles. The van der Waals surface area contributed by atoms with Gasteiger partial charge in [0.1, 0.15) is 0 Å². The summed E-state index contributed by atoms with van der Waals surface area (Å²) in [6, 6.07) is 5.42. The van der Waals surface area contributed by atoms with Gasteiger partial charge in [-0.3, -0.25) is 14.5 Å². The van der Waals surface area contributed by atoms with Crippen molar-refractivity contribution >= 4 is 11.8 Å². The first-order chi connectivity index (χ1) is 9.43. The summed E-state index contributed by atoms with van der Waals surface area (Å²) in [5.74, 6) is -2.23. The zero-order valence-corrected chi connectivity index (χ0v) is 7.97. The number of rotatable bonds is 3. The highest BCUT2D eigenvalue weighted by Crippen LogP contribution is 2.22. The average Bonchev–Trinajstić information content (AvgIpc) is 2.61. The molecule has 1 aromatic rings. The Morgan fingerprint density at radius 3 is 2.25 bits per heavy atom. The Morgan fingerprint density at radius 2 is 1.81 bits per heavy atom. The molecule has 2 N–H and O–H groups in total. The number of hydrogen-bond acceptors (Lipinski definition) is 4. The molecular formula is C11H11NO4. The molecule has 1 aliphatic heterocycles. The molecule has 0 radical (unpaired) electrons. The van der Waals surface area contributed by atoms with E-state index in [1.54, 1.807) is 0 Å². The lowest BCUT2D eigenvalue weighted by Crippen LogP contribution is -2.38. The van der Waals surface area contributed by atoms with Crippen molar-refractivity contribution in [2.24, 2.45) is 0 Å². The molecule has 84 valence electrons. The molecular weight excluding hydrogens is 210 g/mol. The lowest BCUT2D eigenvalue weighted by atomic mass is 10.1. The van der Waals surface area contributed by atoms with Gasteiger partial charge in [-0.2, -0.15) is 0 Å². The fourth-order valence-electron chi connectivity index (χ4n) is 1.42. The zero-order valence-electron chi connectivity index (χ0n) is 13.0. The van der Waals surface area contributed by atoms with E-state index >= 15 is 0 Å². The molecule has 5 nitrogen and oxygen atoms in total. The van der Waals surface area contributed by atoms with Crippen LogP contribution in [0.2, 0.25) is 0 Å². The van der Waals surface area contributed by atoms with Crippen LogP contribution in [0.3, 0.4) is 0 Å². The molecule has 0 aliphatic carbocycles. The molecule has 5 heteroatoms. The normalized spacial score (nSPS) is 24.9. The van der Waals surface area contributed by atoms with Crippen molar-refractivity contribution in [1.82, 2.24) is 4.90 Å². The summed E-state index contributed by atoms with van der Waals surface area (Å²) in [5, 5.41) is 18.8. The molecule has 1 unspecified atom stereocenters. The van der Waals surface area contributed by atoms with E-state index in [4.69, 9.17) is 12.0 Å². The molecule has 1 aliphatic rings. The molecule has 1 aromatic carbocycles. The SMILES string of the molecule is [2H]C([2H])(O)C([2H])(O)C([2H])([2H])N1C(=O)c2ccccc2C1=O. The van der Waals surface area contributed by atoms with Crippen molar-refractivity contribution < 1.29 is 26.7 Å². The maximum Gasteiger partial charge on any atom is 0.261 e. The number of benzene rings is 1. The van der Waals surface area contributed by atoms with Crippen LogP contribution in [0.4, 0.5) is 0 Å². The van der Waals surface area contributed by atoms with Crippen LogP contribution in [0.25, 0.3) is 0 Å². The standard InChI is InChI=1S/C11H11NO4/c13-6-7(14)5-12-10(15)8-3-1-2-4-9(8)11(12)16/h1-4,7,13-14H,5-6H2/i5D2,6D2,7D. The van der Waals surface area contributed by atoms with E-state index in [0.29, 0.717) is 0 Å². The van der Waals surface area contributed by atoms with Crippen molar-refractivity contribution in [1.29, 1.82) is 0 Å². The summed E-state index contributed by atoms with van der Waals surface area (Å²) < 4.78 is 36.5. The van der Waals surface area contributed by atoms with Gasteiger partial charge in [0, 0.05) is 0 Å². The van der Waals surface area contributed by atoms with Gasteiger partial charge < -0.3 is 10.2 Å². The van der Waals surface area contributed by atoms with Gasteiger partial charge in [-0.25, -0.2) is 0 Å². The lowest BCUT2D eigenvalue weighted by Gasteiger charge is -2.16. The summed E-state index contributed by atoms with van der Waals surface area (Å²) in [7, 11) is 0. The molecule has 0 aromatic heterocycles. The first-order valence-corrected chi connectivity index (χ1v) is 4.35. The van der Waals surface area contributed by atoms with Gasteiger partial charge in [0.05, 0.1) is 37.1 Å². The Hall–Kier alpha value is -1.72. The Bertz CT molecular complexity index is 590. The second-order valence-electron chi connectivity index (χ2n) is 3.06. The summed E-state index contributed by atoms with van der Waals surface area (Å²) >= 11 is 0. The van der Waals surface area contributed by atoms with Gasteiger partial charge in [-0.15, -0.1) is 0 Å². The van der Waals surface area contributed by atoms with E-state index in [0.717, 1.165) is 0 Å². The van der Waals surface area contributed by atoms with Crippen LogP contribution in [-0.4, -0.2) is 46.1 Å². The highest BCUT2D eigenvalue weighted by molar-refractivity contribution is 6.21. The van der Waals surface area contributed by atoms with E-state index in [-0.39, 0.29) is 16.0 Å². The fraction of sp³-hybridized carbons (Fsp3) is 0.273. The van der Waals surface area contributed by atoms with Crippen LogP contribution >= 0.6 is 0 Å². The van der Waals surface area contributed by atoms with Gasteiger partial charge in [0.15, 0.2) is 0 Å². The van der Waals surface area contributed by atoms with E-state index in [9.17, 15) is 14.7 Å². The van der Waals surface area contributed by atoms with Crippen LogP contribution in [0.1, 0.15) is 27.6 Å². The van der Waals surface area contributed by atoms with Gasteiger partial charge in [-0.05, 0) is 12.1 Å². The number of nitrogens with zero attached hydrogens (tertiary/aromatic N) is 1. The number of hydrogen-bond donors (Lipinski definition) is 2. The van der Waals surface area contributed by atoms with Crippen LogP contribution in [0.15, 0.2) is 24.3 Å². The molecule has 1 heterocycles. The molecule has 1 atom stereocenters. The highest BCUT2D eigenvalue weighted by Gasteiger charge is 2.35. The van der Waals surface area contributed by atoms with Gasteiger partial charge in [0.2, 0.25) is 0 Å². The topological polar surface area (TPSA) is 77.8 Å². The van der Waals surface area contributed by atoms with E-state index < -0.39 is 31.0 Å². The van der Waals surface area contributed by atoms with Crippen molar-refractivity contribution in [3.63, 3.8) is 0 Å². The second-order valence-corrected chi connectivity index (χ2v) is 3.06. The van der Waals surface area contributed by atoms with Crippen LogP contribution < -0.4 is 0 Å². The third-order valence-electron chi connectivity index (χ3n) is 2.12. The number of amides is 2. The van der Waals surface area contributed by atoms with E-state index in [1.807, 2.05) is 0 Å². The number of aliphatic hydroxyl groups is 2. The minimum absolute atomic E-state index is 0.0568. The van der Waals surface area contributed by atoms with Gasteiger partial charge in [0.25, 0.3) is 11.8 Å². The molecule has 0 bridgehead atoms. The van der Waals surface area contributed by atoms with Crippen molar-refractivity contribution in [2.45, 2.75) is 6.08 Å². The second kappa shape index (κ2) is 4.03. The molecule has 0 spiro atoms. The smallest absolute Gasteiger partial charge is 0.261 e. The minimum atomic E-state index is -3.77.